The summed E-state index contributed by atoms with van der Waals surface area (Å²) in [7, 11) is 0. The molecule has 0 atom stereocenters. The SMILES string of the molecule is O=C(O)c1ccc(Cl)c(OCCCl)c1Cl. The Hall–Kier alpha value is -0.640. The molecular weight excluding hydrogens is 262 g/mol. The highest BCUT2D eigenvalue weighted by Crippen LogP contribution is 2.35. The zero-order valence-corrected chi connectivity index (χ0v) is 9.73. The molecule has 0 radical (unpaired) electrons. The normalized spacial score (nSPS) is 10.1. The van der Waals surface area contributed by atoms with Crippen molar-refractivity contribution in [1.29, 1.82) is 0 Å². The van der Waals surface area contributed by atoms with E-state index in [9.17, 15) is 4.79 Å². The Bertz CT molecular complexity index is 379. The third-order valence-electron chi connectivity index (χ3n) is 1.60. The standard InChI is InChI=1S/C9H7Cl3O3/c10-3-4-15-8-6(11)2-1-5(7(8)12)9(13)14/h1-2H,3-4H2,(H,13,14). The number of carboxylic acids is 1. The van der Waals surface area contributed by atoms with E-state index in [1.807, 2.05) is 0 Å². The minimum atomic E-state index is -1.13. The van der Waals surface area contributed by atoms with Crippen molar-refractivity contribution in [2.75, 3.05) is 12.5 Å². The number of alkyl halides is 1. The number of benzene rings is 1. The molecule has 82 valence electrons. The van der Waals surface area contributed by atoms with Crippen LogP contribution in [0.5, 0.6) is 5.75 Å². The number of halogens is 3. The lowest BCUT2D eigenvalue weighted by Gasteiger charge is -2.09. The molecule has 0 spiro atoms. The summed E-state index contributed by atoms with van der Waals surface area (Å²) >= 11 is 17.0. The summed E-state index contributed by atoms with van der Waals surface area (Å²) in [6.07, 6.45) is 0. The quantitative estimate of drug-likeness (QED) is 0.853. The van der Waals surface area contributed by atoms with Crippen LogP contribution < -0.4 is 4.74 Å². The molecule has 0 fully saturated rings. The minimum Gasteiger partial charge on any atom is -0.489 e. The summed E-state index contributed by atoms with van der Waals surface area (Å²) in [6.45, 7) is 0.212. The fraction of sp³-hybridized carbons (Fsp3) is 0.222. The van der Waals surface area contributed by atoms with Crippen LogP contribution in [0, 0.1) is 0 Å². The Morgan fingerprint density at radius 1 is 1.40 bits per heavy atom. The van der Waals surface area contributed by atoms with Gasteiger partial charge in [-0.1, -0.05) is 23.2 Å². The Labute approximate surface area is 102 Å². The zero-order valence-electron chi connectivity index (χ0n) is 7.47. The summed E-state index contributed by atoms with van der Waals surface area (Å²) in [5.74, 6) is -0.712. The second-order valence-electron chi connectivity index (χ2n) is 2.58. The van der Waals surface area contributed by atoms with Crippen LogP contribution in [0.1, 0.15) is 10.4 Å². The lowest BCUT2D eigenvalue weighted by Crippen LogP contribution is -2.03. The monoisotopic (exact) mass is 268 g/mol. The van der Waals surface area contributed by atoms with Gasteiger partial charge in [-0.2, -0.15) is 0 Å². The van der Waals surface area contributed by atoms with Crippen LogP contribution in [-0.2, 0) is 0 Å². The van der Waals surface area contributed by atoms with Crippen molar-refractivity contribution in [2.45, 2.75) is 0 Å². The van der Waals surface area contributed by atoms with Crippen LogP contribution in [0.15, 0.2) is 12.1 Å². The van der Waals surface area contributed by atoms with E-state index in [1.54, 1.807) is 0 Å². The molecule has 0 aliphatic heterocycles. The van der Waals surface area contributed by atoms with Gasteiger partial charge >= 0.3 is 5.97 Å². The van der Waals surface area contributed by atoms with E-state index in [4.69, 9.17) is 44.6 Å². The fourth-order valence-electron chi connectivity index (χ4n) is 0.971. The molecule has 1 N–H and O–H groups in total. The molecule has 0 unspecified atom stereocenters. The highest BCUT2D eigenvalue weighted by Gasteiger charge is 2.16. The molecule has 0 bridgehead atoms. The number of rotatable bonds is 4. The molecule has 1 aromatic rings. The first-order valence-corrected chi connectivity index (χ1v) is 5.27. The highest BCUT2D eigenvalue weighted by molar-refractivity contribution is 6.39. The van der Waals surface area contributed by atoms with Gasteiger partial charge in [0.25, 0.3) is 0 Å². The maximum atomic E-state index is 10.7. The number of hydrogen-bond acceptors (Lipinski definition) is 2. The Morgan fingerprint density at radius 3 is 2.60 bits per heavy atom. The Kier molecular flexibility index (Phi) is 4.51. The molecule has 0 heterocycles. The molecule has 0 aliphatic rings. The summed E-state index contributed by atoms with van der Waals surface area (Å²) in [5, 5.41) is 9.04. The van der Waals surface area contributed by atoms with E-state index in [2.05, 4.69) is 0 Å². The van der Waals surface area contributed by atoms with Gasteiger partial charge in [0.2, 0.25) is 0 Å². The van der Waals surface area contributed by atoms with Crippen molar-refractivity contribution in [3.8, 4) is 5.75 Å². The van der Waals surface area contributed by atoms with E-state index in [-0.39, 0.29) is 33.8 Å². The summed E-state index contributed by atoms with van der Waals surface area (Å²) < 4.78 is 5.15. The first-order valence-electron chi connectivity index (χ1n) is 3.98. The maximum absolute atomic E-state index is 10.7. The number of carboxylic acid groups (broad SMARTS) is 1. The Balaban J connectivity index is 3.12. The van der Waals surface area contributed by atoms with Crippen molar-refractivity contribution >= 4 is 40.8 Å². The number of aromatic carboxylic acids is 1. The van der Waals surface area contributed by atoms with Crippen molar-refractivity contribution in [2.24, 2.45) is 0 Å². The van der Waals surface area contributed by atoms with Crippen LogP contribution in [-0.4, -0.2) is 23.6 Å². The van der Waals surface area contributed by atoms with E-state index in [0.717, 1.165) is 0 Å². The molecule has 1 rings (SSSR count). The van der Waals surface area contributed by atoms with Gasteiger partial charge in [-0.05, 0) is 12.1 Å². The van der Waals surface area contributed by atoms with Crippen LogP contribution >= 0.6 is 34.8 Å². The van der Waals surface area contributed by atoms with Crippen molar-refractivity contribution in [3.63, 3.8) is 0 Å². The van der Waals surface area contributed by atoms with E-state index < -0.39 is 5.97 Å². The van der Waals surface area contributed by atoms with Crippen LogP contribution in [0.2, 0.25) is 10.0 Å². The van der Waals surface area contributed by atoms with Gasteiger partial charge in [0.05, 0.1) is 21.5 Å². The first kappa shape index (κ1) is 12.4. The van der Waals surface area contributed by atoms with Gasteiger partial charge in [-0.25, -0.2) is 4.79 Å². The van der Waals surface area contributed by atoms with Gasteiger partial charge in [-0.15, -0.1) is 11.6 Å². The van der Waals surface area contributed by atoms with E-state index >= 15 is 0 Å². The second kappa shape index (κ2) is 5.45. The summed E-state index contributed by atoms with van der Waals surface area (Å²) in [6, 6.07) is 2.74. The van der Waals surface area contributed by atoms with Gasteiger partial charge < -0.3 is 9.84 Å². The molecule has 0 amide bonds. The molecule has 0 saturated carbocycles. The third kappa shape index (κ3) is 2.91. The summed E-state index contributed by atoms with van der Waals surface area (Å²) in [4.78, 5) is 10.7. The van der Waals surface area contributed by atoms with Gasteiger partial charge in [0, 0.05) is 0 Å². The Morgan fingerprint density at radius 2 is 2.07 bits per heavy atom. The topological polar surface area (TPSA) is 46.5 Å². The molecule has 1 aromatic carbocycles. The van der Waals surface area contributed by atoms with Crippen molar-refractivity contribution < 1.29 is 14.6 Å². The third-order valence-corrected chi connectivity index (χ3v) is 2.43. The fourth-order valence-corrected chi connectivity index (χ4v) is 1.61. The minimum absolute atomic E-state index is 0.0138. The zero-order chi connectivity index (χ0) is 11.4. The number of hydrogen-bond donors (Lipinski definition) is 1. The molecule has 0 aliphatic carbocycles. The molecule has 0 aromatic heterocycles. The largest absolute Gasteiger partial charge is 0.489 e. The maximum Gasteiger partial charge on any atom is 0.337 e. The molecular formula is C9H7Cl3O3. The lowest BCUT2D eigenvalue weighted by atomic mass is 10.2. The molecule has 15 heavy (non-hydrogen) atoms. The second-order valence-corrected chi connectivity index (χ2v) is 3.74. The lowest BCUT2D eigenvalue weighted by molar-refractivity contribution is 0.0696. The molecule has 0 saturated heterocycles. The average molecular weight is 270 g/mol. The van der Waals surface area contributed by atoms with Crippen molar-refractivity contribution in [3.05, 3.63) is 27.7 Å². The smallest absolute Gasteiger partial charge is 0.337 e. The van der Waals surface area contributed by atoms with Crippen molar-refractivity contribution in [1.82, 2.24) is 0 Å². The number of ether oxygens (including phenoxy) is 1. The predicted octanol–water partition coefficient (Wildman–Crippen LogP) is 3.31. The number of carbonyl (C=O) groups is 1. The van der Waals surface area contributed by atoms with E-state index in [1.165, 1.54) is 12.1 Å². The predicted molar refractivity (Wildman–Crippen MR) is 59.6 cm³/mol. The average Bonchev–Trinajstić information content (AvgIpc) is 2.17. The summed E-state index contributed by atoms with van der Waals surface area (Å²) in [5.41, 5.74) is -0.0503. The highest BCUT2D eigenvalue weighted by atomic mass is 35.5. The van der Waals surface area contributed by atoms with E-state index in [0.29, 0.717) is 0 Å². The van der Waals surface area contributed by atoms with Crippen LogP contribution in [0.4, 0.5) is 0 Å². The van der Waals surface area contributed by atoms with Crippen LogP contribution in [0.3, 0.4) is 0 Å². The molecule has 3 nitrogen and oxygen atoms in total. The van der Waals surface area contributed by atoms with Gasteiger partial charge in [0.1, 0.15) is 6.61 Å². The molecule has 6 heteroatoms. The van der Waals surface area contributed by atoms with Gasteiger partial charge in [0.15, 0.2) is 5.75 Å². The first-order chi connectivity index (χ1) is 7.07. The van der Waals surface area contributed by atoms with Gasteiger partial charge in [-0.3, -0.25) is 0 Å². The van der Waals surface area contributed by atoms with Crippen LogP contribution in [0.25, 0.3) is 0 Å².